The van der Waals surface area contributed by atoms with Crippen molar-refractivity contribution < 1.29 is 4.74 Å². The summed E-state index contributed by atoms with van der Waals surface area (Å²) in [5, 5.41) is 0. The summed E-state index contributed by atoms with van der Waals surface area (Å²) in [4.78, 5) is 0. The van der Waals surface area contributed by atoms with Crippen molar-refractivity contribution in [2.45, 2.75) is 19.7 Å². The van der Waals surface area contributed by atoms with Crippen LogP contribution in [0.3, 0.4) is 0 Å². The second kappa shape index (κ2) is 6.29. The van der Waals surface area contributed by atoms with Gasteiger partial charge in [-0.3, -0.25) is 0 Å². The minimum Gasteiger partial charge on any atom is -0.457 e. The molecule has 0 aliphatic rings. The molecule has 0 amide bonds. The molecule has 0 N–H and O–H groups in total. The van der Waals surface area contributed by atoms with E-state index in [1.807, 2.05) is 44.2 Å². The first kappa shape index (κ1) is 14.9. The highest BCUT2D eigenvalue weighted by atomic mass is 79.9. The summed E-state index contributed by atoms with van der Waals surface area (Å²) in [6, 6.07) is 9.87. The summed E-state index contributed by atoms with van der Waals surface area (Å²) in [5.74, 6) is 2.04. The van der Waals surface area contributed by atoms with Crippen LogP contribution in [-0.2, 0) is 5.88 Å². The molecule has 0 saturated carbocycles. The van der Waals surface area contributed by atoms with Gasteiger partial charge in [-0.25, -0.2) is 0 Å². The van der Waals surface area contributed by atoms with Crippen molar-refractivity contribution in [3.05, 3.63) is 56.0 Å². The molecule has 2 aromatic rings. The molecule has 2 aromatic carbocycles. The van der Waals surface area contributed by atoms with E-state index in [1.165, 1.54) is 0 Å². The Morgan fingerprint density at radius 3 is 2.26 bits per heavy atom. The van der Waals surface area contributed by atoms with Gasteiger partial charge in [-0.15, -0.1) is 11.6 Å². The molecule has 19 heavy (non-hydrogen) atoms. The van der Waals surface area contributed by atoms with Crippen molar-refractivity contribution in [3.63, 3.8) is 0 Å². The summed E-state index contributed by atoms with van der Waals surface area (Å²) < 4.78 is 8.06. The first-order valence-corrected chi connectivity index (χ1v) is 7.92. The molecule has 0 radical (unpaired) electrons. The van der Waals surface area contributed by atoms with Gasteiger partial charge >= 0.3 is 0 Å². The van der Waals surface area contributed by atoms with Gasteiger partial charge in [0.2, 0.25) is 0 Å². The van der Waals surface area contributed by atoms with E-state index >= 15 is 0 Å². The number of aryl methyl sites for hydroxylation is 2. The minimum atomic E-state index is 0.420. The number of ether oxygens (including phenoxy) is 1. The van der Waals surface area contributed by atoms with Crippen LogP contribution in [0.15, 0.2) is 39.3 Å². The summed E-state index contributed by atoms with van der Waals surface area (Å²) in [6.07, 6.45) is 0. The van der Waals surface area contributed by atoms with Crippen molar-refractivity contribution >= 4 is 43.5 Å². The molecule has 0 aliphatic heterocycles. The van der Waals surface area contributed by atoms with Crippen molar-refractivity contribution in [2.24, 2.45) is 0 Å². The smallest absolute Gasteiger partial charge is 0.131 e. The van der Waals surface area contributed by atoms with Crippen LogP contribution < -0.4 is 4.74 Å². The Morgan fingerprint density at radius 2 is 1.68 bits per heavy atom. The number of benzene rings is 2. The fourth-order valence-electron chi connectivity index (χ4n) is 1.84. The van der Waals surface area contributed by atoms with Crippen LogP contribution in [0.25, 0.3) is 0 Å². The highest BCUT2D eigenvalue weighted by molar-refractivity contribution is 9.10. The molecular formula is C15H13Br2ClO. The van der Waals surface area contributed by atoms with E-state index in [1.54, 1.807) is 0 Å². The van der Waals surface area contributed by atoms with Gasteiger partial charge in [0.1, 0.15) is 11.5 Å². The van der Waals surface area contributed by atoms with E-state index in [2.05, 4.69) is 31.9 Å². The first-order valence-electron chi connectivity index (χ1n) is 5.80. The van der Waals surface area contributed by atoms with Gasteiger partial charge < -0.3 is 4.74 Å². The SMILES string of the molecule is Cc1cc(Oc2ccc(Br)cc2CCl)cc(C)c1Br. The Balaban J connectivity index is 2.36. The molecule has 2 rings (SSSR count). The van der Waals surface area contributed by atoms with E-state index < -0.39 is 0 Å². The molecule has 0 spiro atoms. The van der Waals surface area contributed by atoms with E-state index in [0.29, 0.717) is 5.88 Å². The topological polar surface area (TPSA) is 9.23 Å². The number of halogens is 3. The van der Waals surface area contributed by atoms with E-state index in [0.717, 1.165) is 37.1 Å². The maximum absolute atomic E-state index is 5.95. The highest BCUT2D eigenvalue weighted by Crippen LogP contribution is 2.32. The van der Waals surface area contributed by atoms with Crippen LogP contribution in [0.4, 0.5) is 0 Å². The third-order valence-electron chi connectivity index (χ3n) is 2.80. The predicted octanol–water partition coefficient (Wildman–Crippen LogP) is 6.36. The molecule has 4 heteroatoms. The summed E-state index contributed by atoms with van der Waals surface area (Å²) in [5.41, 5.74) is 3.27. The maximum atomic E-state index is 5.95. The maximum Gasteiger partial charge on any atom is 0.131 e. The zero-order valence-electron chi connectivity index (χ0n) is 10.6. The second-order valence-corrected chi connectivity index (χ2v) is 6.33. The molecule has 0 unspecified atom stereocenters. The van der Waals surface area contributed by atoms with Crippen LogP contribution in [-0.4, -0.2) is 0 Å². The standard InChI is InChI=1S/C15H13Br2ClO/c1-9-5-13(6-10(2)15(9)17)19-14-4-3-12(16)7-11(14)8-18/h3-7H,8H2,1-2H3. The van der Waals surface area contributed by atoms with Crippen LogP contribution in [0, 0.1) is 13.8 Å². The average molecular weight is 405 g/mol. The molecule has 100 valence electrons. The van der Waals surface area contributed by atoms with Crippen LogP contribution >= 0.6 is 43.5 Å². The number of alkyl halides is 1. The van der Waals surface area contributed by atoms with Crippen LogP contribution in [0.5, 0.6) is 11.5 Å². The van der Waals surface area contributed by atoms with Gasteiger partial charge in [-0.1, -0.05) is 31.9 Å². The van der Waals surface area contributed by atoms with Gasteiger partial charge in [0.15, 0.2) is 0 Å². The molecule has 0 atom stereocenters. The fourth-order valence-corrected chi connectivity index (χ4v) is 2.69. The zero-order valence-corrected chi connectivity index (χ0v) is 14.6. The van der Waals surface area contributed by atoms with E-state index in [-0.39, 0.29) is 0 Å². The highest BCUT2D eigenvalue weighted by Gasteiger charge is 2.08. The lowest BCUT2D eigenvalue weighted by atomic mass is 10.1. The average Bonchev–Trinajstić information content (AvgIpc) is 2.38. The lowest BCUT2D eigenvalue weighted by molar-refractivity contribution is 0.477. The molecule has 0 fully saturated rings. The Bertz CT molecular complexity index is 588. The van der Waals surface area contributed by atoms with Crippen LogP contribution in [0.2, 0.25) is 0 Å². The van der Waals surface area contributed by atoms with Crippen LogP contribution in [0.1, 0.15) is 16.7 Å². The molecule has 0 saturated heterocycles. The summed E-state index contributed by atoms with van der Waals surface area (Å²) >= 11 is 12.9. The first-order chi connectivity index (χ1) is 9.01. The van der Waals surface area contributed by atoms with Gasteiger partial charge in [0.25, 0.3) is 0 Å². The van der Waals surface area contributed by atoms with Gasteiger partial charge in [0, 0.05) is 14.5 Å². The minimum absolute atomic E-state index is 0.420. The summed E-state index contributed by atoms with van der Waals surface area (Å²) in [6.45, 7) is 4.10. The summed E-state index contributed by atoms with van der Waals surface area (Å²) in [7, 11) is 0. The number of rotatable bonds is 3. The van der Waals surface area contributed by atoms with Gasteiger partial charge in [-0.05, 0) is 55.3 Å². The largest absolute Gasteiger partial charge is 0.457 e. The molecule has 0 aromatic heterocycles. The normalized spacial score (nSPS) is 10.6. The third kappa shape index (κ3) is 3.53. The van der Waals surface area contributed by atoms with E-state index in [4.69, 9.17) is 16.3 Å². The molecular weight excluding hydrogens is 391 g/mol. The Labute approximate surface area is 135 Å². The van der Waals surface area contributed by atoms with E-state index in [9.17, 15) is 0 Å². The molecule has 0 heterocycles. The Hall–Kier alpha value is -0.510. The quantitative estimate of drug-likeness (QED) is 0.541. The second-order valence-electron chi connectivity index (χ2n) is 4.36. The van der Waals surface area contributed by atoms with Crippen molar-refractivity contribution in [1.82, 2.24) is 0 Å². The number of hydrogen-bond donors (Lipinski definition) is 0. The van der Waals surface area contributed by atoms with Crippen molar-refractivity contribution in [1.29, 1.82) is 0 Å². The monoisotopic (exact) mass is 402 g/mol. The predicted molar refractivity (Wildman–Crippen MR) is 87.4 cm³/mol. The Morgan fingerprint density at radius 1 is 1.05 bits per heavy atom. The third-order valence-corrected chi connectivity index (χ3v) is 4.84. The van der Waals surface area contributed by atoms with Gasteiger partial charge in [0.05, 0.1) is 5.88 Å². The fraction of sp³-hybridized carbons (Fsp3) is 0.200. The molecule has 0 aliphatic carbocycles. The lowest BCUT2D eigenvalue weighted by Crippen LogP contribution is -1.92. The molecule has 1 nitrogen and oxygen atoms in total. The van der Waals surface area contributed by atoms with Crippen molar-refractivity contribution in [2.75, 3.05) is 0 Å². The number of hydrogen-bond acceptors (Lipinski definition) is 1. The lowest BCUT2D eigenvalue weighted by Gasteiger charge is -2.12. The van der Waals surface area contributed by atoms with Gasteiger partial charge in [-0.2, -0.15) is 0 Å². The Kier molecular flexibility index (Phi) is 4.93. The van der Waals surface area contributed by atoms with Crippen molar-refractivity contribution in [3.8, 4) is 11.5 Å². The molecule has 0 bridgehead atoms. The zero-order chi connectivity index (χ0) is 14.0.